The lowest BCUT2D eigenvalue weighted by molar-refractivity contribution is -0.127. The van der Waals surface area contributed by atoms with Gasteiger partial charge in [0.1, 0.15) is 0 Å². The second kappa shape index (κ2) is 8.29. The van der Waals surface area contributed by atoms with Crippen LogP contribution in [0.15, 0.2) is 17.8 Å². The van der Waals surface area contributed by atoms with Crippen molar-refractivity contribution in [3.63, 3.8) is 0 Å². The highest BCUT2D eigenvalue weighted by atomic mass is 32.1. The van der Waals surface area contributed by atoms with Gasteiger partial charge in [0.15, 0.2) is 4.96 Å². The molecule has 2 saturated heterocycles. The van der Waals surface area contributed by atoms with E-state index in [2.05, 4.69) is 33.9 Å². The minimum absolute atomic E-state index is 0.116. The summed E-state index contributed by atoms with van der Waals surface area (Å²) in [4.78, 5) is 23.4. The first-order valence-corrected chi connectivity index (χ1v) is 11.1. The van der Waals surface area contributed by atoms with E-state index in [4.69, 9.17) is 0 Å². The average Bonchev–Trinajstić information content (AvgIpc) is 3.28. The normalized spacial score (nSPS) is 23.3. The SMILES string of the molecule is CC(C)N1CCC(N2CCC[C@@H](C(=O)NCc3cn4ccsc4n3)C2)CC1. The Labute approximate surface area is 165 Å². The fourth-order valence-electron chi connectivity index (χ4n) is 4.50. The summed E-state index contributed by atoms with van der Waals surface area (Å²) in [6.07, 6.45) is 8.60. The fourth-order valence-corrected chi connectivity index (χ4v) is 5.22. The van der Waals surface area contributed by atoms with Gasteiger partial charge in [-0.2, -0.15) is 0 Å². The maximum absolute atomic E-state index is 12.7. The summed E-state index contributed by atoms with van der Waals surface area (Å²) in [6.45, 7) is 9.53. The van der Waals surface area contributed by atoms with Crippen molar-refractivity contribution in [2.24, 2.45) is 5.92 Å². The molecule has 2 aliphatic heterocycles. The lowest BCUT2D eigenvalue weighted by atomic mass is 9.93. The van der Waals surface area contributed by atoms with Crippen molar-refractivity contribution >= 4 is 22.2 Å². The molecule has 27 heavy (non-hydrogen) atoms. The highest BCUT2D eigenvalue weighted by Gasteiger charge is 2.32. The second-order valence-electron chi connectivity index (χ2n) is 8.24. The molecule has 0 unspecified atom stereocenters. The number of amides is 1. The Balaban J connectivity index is 1.27. The van der Waals surface area contributed by atoms with E-state index in [1.54, 1.807) is 11.3 Å². The largest absolute Gasteiger partial charge is 0.350 e. The lowest BCUT2D eigenvalue weighted by Crippen LogP contribution is -2.51. The van der Waals surface area contributed by atoms with Crippen LogP contribution in [0.2, 0.25) is 0 Å². The van der Waals surface area contributed by atoms with E-state index in [1.165, 1.54) is 25.9 Å². The number of imidazole rings is 1. The van der Waals surface area contributed by atoms with E-state index in [-0.39, 0.29) is 11.8 Å². The first kappa shape index (κ1) is 18.9. The number of fused-ring (bicyclic) bond motifs is 1. The summed E-state index contributed by atoms with van der Waals surface area (Å²) in [5.74, 6) is 0.307. The zero-order valence-corrected chi connectivity index (χ0v) is 17.2. The van der Waals surface area contributed by atoms with Crippen molar-refractivity contribution in [3.8, 4) is 0 Å². The Morgan fingerprint density at radius 1 is 1.30 bits per heavy atom. The minimum atomic E-state index is 0.116. The number of hydrogen-bond acceptors (Lipinski definition) is 5. The second-order valence-corrected chi connectivity index (χ2v) is 9.11. The fraction of sp³-hybridized carbons (Fsp3) is 0.700. The first-order valence-electron chi connectivity index (χ1n) is 10.3. The molecule has 0 spiro atoms. The number of thiazole rings is 1. The standard InChI is InChI=1S/C20H31N5OS/c1-15(2)23-8-5-18(6-9-23)24-7-3-4-16(13-24)19(26)21-12-17-14-25-10-11-27-20(25)22-17/h10-11,14-16,18H,3-9,12-13H2,1-2H3,(H,21,26)/t16-/m1/s1. The average molecular weight is 390 g/mol. The molecule has 1 atom stereocenters. The quantitative estimate of drug-likeness (QED) is 0.854. The third kappa shape index (κ3) is 4.36. The number of nitrogens with zero attached hydrogens (tertiary/aromatic N) is 4. The van der Waals surface area contributed by atoms with Gasteiger partial charge in [-0.15, -0.1) is 11.3 Å². The van der Waals surface area contributed by atoms with Crippen LogP contribution in [-0.2, 0) is 11.3 Å². The van der Waals surface area contributed by atoms with Gasteiger partial charge in [0.2, 0.25) is 5.91 Å². The molecule has 2 aliphatic rings. The van der Waals surface area contributed by atoms with Gasteiger partial charge in [-0.3, -0.25) is 14.1 Å². The topological polar surface area (TPSA) is 52.9 Å². The number of piperidine rings is 2. The Bertz CT molecular complexity index is 733. The number of aromatic nitrogens is 2. The molecule has 6 nitrogen and oxygen atoms in total. The van der Waals surface area contributed by atoms with Crippen LogP contribution >= 0.6 is 11.3 Å². The molecule has 0 bridgehead atoms. The zero-order valence-electron chi connectivity index (χ0n) is 16.4. The van der Waals surface area contributed by atoms with E-state index in [9.17, 15) is 4.79 Å². The van der Waals surface area contributed by atoms with E-state index in [1.807, 2.05) is 22.2 Å². The monoisotopic (exact) mass is 389 g/mol. The van der Waals surface area contributed by atoms with Crippen molar-refractivity contribution in [3.05, 3.63) is 23.5 Å². The number of nitrogens with one attached hydrogen (secondary N) is 1. The third-order valence-corrected chi connectivity index (χ3v) is 6.93. The Kier molecular flexibility index (Phi) is 5.80. The van der Waals surface area contributed by atoms with Crippen LogP contribution in [-0.4, -0.2) is 63.4 Å². The molecule has 2 fully saturated rings. The van der Waals surface area contributed by atoms with Crippen molar-refractivity contribution in [2.45, 2.75) is 58.2 Å². The Morgan fingerprint density at radius 2 is 2.11 bits per heavy atom. The van der Waals surface area contributed by atoms with E-state index < -0.39 is 0 Å². The van der Waals surface area contributed by atoms with Crippen LogP contribution in [0, 0.1) is 5.92 Å². The zero-order chi connectivity index (χ0) is 18.8. The van der Waals surface area contributed by atoms with Crippen LogP contribution in [0.25, 0.3) is 4.96 Å². The van der Waals surface area contributed by atoms with Crippen LogP contribution < -0.4 is 5.32 Å². The van der Waals surface area contributed by atoms with Gasteiger partial charge in [-0.1, -0.05) is 0 Å². The molecule has 2 aromatic heterocycles. The summed E-state index contributed by atoms with van der Waals surface area (Å²) in [7, 11) is 0. The maximum atomic E-state index is 12.7. The first-order chi connectivity index (χ1) is 13.1. The summed E-state index contributed by atoms with van der Waals surface area (Å²) >= 11 is 1.62. The summed E-state index contributed by atoms with van der Waals surface area (Å²) in [5, 5.41) is 5.14. The van der Waals surface area contributed by atoms with Gasteiger partial charge in [0.05, 0.1) is 18.2 Å². The Morgan fingerprint density at radius 3 is 2.85 bits per heavy atom. The van der Waals surface area contributed by atoms with E-state index >= 15 is 0 Å². The van der Waals surface area contributed by atoms with Crippen molar-refractivity contribution in [1.29, 1.82) is 0 Å². The van der Waals surface area contributed by atoms with Crippen LogP contribution in [0.1, 0.15) is 45.2 Å². The molecule has 4 heterocycles. The molecule has 0 aliphatic carbocycles. The number of carbonyl (C=O) groups is 1. The van der Waals surface area contributed by atoms with Gasteiger partial charge in [0.25, 0.3) is 0 Å². The highest BCUT2D eigenvalue weighted by Crippen LogP contribution is 2.24. The number of hydrogen-bond donors (Lipinski definition) is 1. The lowest BCUT2D eigenvalue weighted by Gasteiger charge is -2.43. The molecule has 0 saturated carbocycles. The number of likely N-dealkylation sites (tertiary alicyclic amines) is 2. The van der Waals surface area contributed by atoms with E-state index in [0.717, 1.165) is 36.6 Å². The minimum Gasteiger partial charge on any atom is -0.350 e. The van der Waals surface area contributed by atoms with Crippen LogP contribution in [0.4, 0.5) is 0 Å². The summed E-state index contributed by atoms with van der Waals surface area (Å²) < 4.78 is 2.01. The Hall–Kier alpha value is -1.44. The van der Waals surface area contributed by atoms with Crippen molar-refractivity contribution < 1.29 is 4.79 Å². The van der Waals surface area contributed by atoms with Crippen LogP contribution in [0.5, 0.6) is 0 Å². The van der Waals surface area contributed by atoms with Gasteiger partial charge >= 0.3 is 0 Å². The summed E-state index contributed by atoms with van der Waals surface area (Å²) in [6, 6.07) is 1.29. The third-order valence-electron chi connectivity index (χ3n) is 6.16. The van der Waals surface area contributed by atoms with Crippen molar-refractivity contribution in [1.82, 2.24) is 24.5 Å². The molecule has 4 rings (SSSR count). The molecule has 2 aromatic rings. The van der Waals surface area contributed by atoms with Crippen LogP contribution in [0.3, 0.4) is 0 Å². The van der Waals surface area contributed by atoms with Crippen molar-refractivity contribution in [2.75, 3.05) is 26.2 Å². The van der Waals surface area contributed by atoms with Gasteiger partial charge < -0.3 is 10.2 Å². The molecule has 0 aromatic carbocycles. The maximum Gasteiger partial charge on any atom is 0.224 e. The van der Waals surface area contributed by atoms with Gasteiger partial charge in [0, 0.05) is 36.4 Å². The predicted molar refractivity (Wildman–Crippen MR) is 109 cm³/mol. The molecule has 1 amide bonds. The predicted octanol–water partition coefficient (Wildman–Crippen LogP) is 2.60. The van der Waals surface area contributed by atoms with Gasteiger partial charge in [-0.05, 0) is 59.2 Å². The molecule has 1 N–H and O–H groups in total. The highest BCUT2D eigenvalue weighted by molar-refractivity contribution is 7.15. The number of rotatable bonds is 5. The molecule has 0 radical (unpaired) electrons. The molecule has 7 heteroatoms. The number of carbonyl (C=O) groups excluding carboxylic acids is 1. The smallest absolute Gasteiger partial charge is 0.224 e. The van der Waals surface area contributed by atoms with Gasteiger partial charge in [-0.25, -0.2) is 4.98 Å². The summed E-state index contributed by atoms with van der Waals surface area (Å²) in [5.41, 5.74) is 0.934. The molecular formula is C20H31N5OS. The van der Waals surface area contributed by atoms with E-state index in [0.29, 0.717) is 18.6 Å². The molecule has 148 valence electrons. The molecular weight excluding hydrogens is 358 g/mol.